The number of ether oxygens (including phenoxy) is 2. The highest BCUT2D eigenvalue weighted by atomic mass is 16.5. The van der Waals surface area contributed by atoms with Gasteiger partial charge in [0.05, 0.1) is 13.7 Å². The molecule has 2 aromatic rings. The summed E-state index contributed by atoms with van der Waals surface area (Å²) in [5, 5.41) is 15.4. The molecule has 0 radical (unpaired) electrons. The van der Waals surface area contributed by atoms with Gasteiger partial charge in [-0.1, -0.05) is 18.9 Å². The summed E-state index contributed by atoms with van der Waals surface area (Å²) in [6.07, 6.45) is 6.92. The number of guanidine groups is 1. The SMILES string of the molecule is CCOc1cc(CCCNC(=NCc2nnc(C)n2C)NC2CCCC2)ccc1OC. The standard InChI is InChI=1S/C23H36N6O2/c1-5-31-21-15-18(12-13-20(21)30-4)9-8-14-24-23(26-19-10-6-7-11-19)25-16-22-28-27-17(2)29(22)3/h12-13,15,19H,5-11,14,16H2,1-4H3,(H2,24,25,26). The number of aryl methyl sites for hydroxylation is 2. The van der Waals surface area contributed by atoms with Crippen LogP contribution < -0.4 is 20.1 Å². The highest BCUT2D eigenvalue weighted by Crippen LogP contribution is 2.28. The van der Waals surface area contributed by atoms with Gasteiger partial charge in [-0.15, -0.1) is 10.2 Å². The van der Waals surface area contributed by atoms with E-state index in [1.165, 1.54) is 31.2 Å². The molecule has 1 fully saturated rings. The Kier molecular flexibility index (Phi) is 8.55. The van der Waals surface area contributed by atoms with Crippen LogP contribution in [0.15, 0.2) is 23.2 Å². The minimum absolute atomic E-state index is 0.503. The molecule has 8 heteroatoms. The van der Waals surface area contributed by atoms with Gasteiger partial charge < -0.3 is 24.7 Å². The van der Waals surface area contributed by atoms with Crippen molar-refractivity contribution in [2.45, 2.75) is 65.0 Å². The van der Waals surface area contributed by atoms with E-state index in [4.69, 9.17) is 14.5 Å². The second-order valence-corrected chi connectivity index (χ2v) is 7.96. The summed E-state index contributed by atoms with van der Waals surface area (Å²) in [6, 6.07) is 6.65. The summed E-state index contributed by atoms with van der Waals surface area (Å²) < 4.78 is 13.0. The van der Waals surface area contributed by atoms with Crippen LogP contribution in [0.1, 0.15) is 56.2 Å². The third-order valence-corrected chi connectivity index (χ3v) is 5.72. The summed E-state index contributed by atoms with van der Waals surface area (Å²) in [5.41, 5.74) is 1.24. The first kappa shape index (κ1) is 22.9. The fraction of sp³-hybridized carbons (Fsp3) is 0.609. The van der Waals surface area contributed by atoms with Gasteiger partial charge >= 0.3 is 0 Å². The molecule has 1 saturated carbocycles. The number of aromatic nitrogens is 3. The van der Waals surface area contributed by atoms with E-state index in [0.717, 1.165) is 48.5 Å². The van der Waals surface area contributed by atoms with E-state index in [0.29, 0.717) is 19.2 Å². The molecule has 1 aliphatic rings. The van der Waals surface area contributed by atoms with Gasteiger partial charge in [-0.2, -0.15) is 0 Å². The molecule has 1 aromatic heterocycles. The molecule has 1 heterocycles. The molecule has 0 unspecified atom stereocenters. The van der Waals surface area contributed by atoms with Gasteiger partial charge in [0.15, 0.2) is 23.3 Å². The van der Waals surface area contributed by atoms with Crippen LogP contribution in [0.3, 0.4) is 0 Å². The van der Waals surface area contributed by atoms with Gasteiger partial charge in [0.25, 0.3) is 0 Å². The predicted octanol–water partition coefficient (Wildman–Crippen LogP) is 3.14. The van der Waals surface area contributed by atoms with Crippen molar-refractivity contribution in [1.82, 2.24) is 25.4 Å². The topological polar surface area (TPSA) is 85.6 Å². The van der Waals surface area contributed by atoms with Crippen molar-refractivity contribution in [3.63, 3.8) is 0 Å². The van der Waals surface area contributed by atoms with E-state index in [1.54, 1.807) is 7.11 Å². The summed E-state index contributed by atoms with van der Waals surface area (Å²) in [6.45, 7) is 5.91. The number of hydrogen-bond donors (Lipinski definition) is 2. The lowest BCUT2D eigenvalue weighted by atomic mass is 10.1. The van der Waals surface area contributed by atoms with Gasteiger partial charge in [-0.3, -0.25) is 0 Å². The minimum atomic E-state index is 0.503. The Labute approximate surface area is 185 Å². The third-order valence-electron chi connectivity index (χ3n) is 5.72. The zero-order valence-electron chi connectivity index (χ0n) is 19.3. The Morgan fingerprint density at radius 1 is 1.23 bits per heavy atom. The number of methoxy groups -OCH3 is 1. The molecule has 8 nitrogen and oxygen atoms in total. The molecule has 0 atom stereocenters. The van der Waals surface area contributed by atoms with E-state index in [2.05, 4.69) is 33.0 Å². The van der Waals surface area contributed by atoms with Crippen molar-refractivity contribution in [3.8, 4) is 11.5 Å². The lowest BCUT2D eigenvalue weighted by Crippen LogP contribution is -2.42. The molecule has 3 rings (SSSR count). The largest absolute Gasteiger partial charge is 0.493 e. The maximum Gasteiger partial charge on any atom is 0.191 e. The van der Waals surface area contributed by atoms with E-state index in [-0.39, 0.29) is 0 Å². The van der Waals surface area contributed by atoms with Crippen molar-refractivity contribution in [2.75, 3.05) is 20.3 Å². The van der Waals surface area contributed by atoms with Crippen molar-refractivity contribution < 1.29 is 9.47 Å². The molecule has 0 spiro atoms. The third kappa shape index (κ3) is 6.60. The number of aliphatic imine (C=N–C) groups is 1. The molecule has 0 amide bonds. The smallest absolute Gasteiger partial charge is 0.191 e. The average molecular weight is 429 g/mol. The second kappa shape index (κ2) is 11.6. The van der Waals surface area contributed by atoms with Gasteiger partial charge in [-0.05, 0) is 57.2 Å². The Morgan fingerprint density at radius 2 is 2.03 bits per heavy atom. The Bertz CT molecular complexity index is 858. The average Bonchev–Trinajstić information content (AvgIpc) is 3.40. The van der Waals surface area contributed by atoms with Crippen LogP contribution in [-0.2, 0) is 20.0 Å². The quantitative estimate of drug-likeness (QED) is 0.344. The lowest BCUT2D eigenvalue weighted by Gasteiger charge is -2.17. The van der Waals surface area contributed by atoms with Crippen LogP contribution in [0.5, 0.6) is 11.5 Å². The van der Waals surface area contributed by atoms with Crippen LogP contribution in [0, 0.1) is 6.92 Å². The summed E-state index contributed by atoms with van der Waals surface area (Å²) in [4.78, 5) is 4.77. The number of benzene rings is 1. The van der Waals surface area contributed by atoms with Crippen LogP contribution >= 0.6 is 0 Å². The predicted molar refractivity (Wildman–Crippen MR) is 123 cm³/mol. The Hall–Kier alpha value is -2.77. The highest BCUT2D eigenvalue weighted by molar-refractivity contribution is 5.80. The second-order valence-electron chi connectivity index (χ2n) is 7.96. The number of nitrogens with zero attached hydrogens (tertiary/aromatic N) is 4. The van der Waals surface area contributed by atoms with Crippen molar-refractivity contribution >= 4 is 5.96 Å². The molecular weight excluding hydrogens is 392 g/mol. The fourth-order valence-electron chi connectivity index (χ4n) is 3.80. The molecule has 0 bridgehead atoms. The monoisotopic (exact) mass is 428 g/mol. The Balaban J connectivity index is 1.55. The van der Waals surface area contributed by atoms with Crippen LogP contribution in [0.25, 0.3) is 0 Å². The van der Waals surface area contributed by atoms with E-state index < -0.39 is 0 Å². The molecule has 170 valence electrons. The van der Waals surface area contributed by atoms with Gasteiger partial charge in [0.2, 0.25) is 0 Å². The van der Waals surface area contributed by atoms with Crippen molar-refractivity contribution in [2.24, 2.45) is 12.0 Å². The minimum Gasteiger partial charge on any atom is -0.493 e. The number of nitrogens with one attached hydrogen (secondary N) is 2. The molecule has 31 heavy (non-hydrogen) atoms. The normalized spacial score (nSPS) is 14.6. The first-order valence-corrected chi connectivity index (χ1v) is 11.3. The van der Waals surface area contributed by atoms with Gasteiger partial charge in [-0.25, -0.2) is 4.99 Å². The van der Waals surface area contributed by atoms with Crippen molar-refractivity contribution in [1.29, 1.82) is 0 Å². The molecule has 1 aliphatic carbocycles. The Morgan fingerprint density at radius 3 is 2.71 bits per heavy atom. The maximum absolute atomic E-state index is 5.69. The van der Waals surface area contributed by atoms with Crippen molar-refractivity contribution in [3.05, 3.63) is 35.4 Å². The van der Waals surface area contributed by atoms with Crippen LogP contribution in [0.4, 0.5) is 0 Å². The number of hydrogen-bond acceptors (Lipinski definition) is 5. The van der Waals surface area contributed by atoms with Crippen LogP contribution in [-0.4, -0.2) is 47.0 Å². The zero-order chi connectivity index (χ0) is 22.1. The molecule has 2 N–H and O–H groups in total. The maximum atomic E-state index is 5.69. The first-order chi connectivity index (χ1) is 15.1. The van der Waals surface area contributed by atoms with E-state index >= 15 is 0 Å². The summed E-state index contributed by atoms with van der Waals surface area (Å²) in [5.74, 6) is 4.20. The molecule has 0 saturated heterocycles. The molecule has 1 aromatic carbocycles. The molecule has 0 aliphatic heterocycles. The summed E-state index contributed by atoms with van der Waals surface area (Å²) >= 11 is 0. The van der Waals surface area contributed by atoms with Crippen LogP contribution in [0.2, 0.25) is 0 Å². The molecular formula is C23H36N6O2. The summed E-state index contributed by atoms with van der Waals surface area (Å²) in [7, 11) is 3.64. The number of rotatable bonds is 10. The van der Waals surface area contributed by atoms with E-state index in [9.17, 15) is 0 Å². The van der Waals surface area contributed by atoms with Gasteiger partial charge in [0.1, 0.15) is 12.4 Å². The zero-order valence-corrected chi connectivity index (χ0v) is 19.3. The lowest BCUT2D eigenvalue weighted by molar-refractivity contribution is 0.310. The van der Waals surface area contributed by atoms with Gasteiger partial charge in [0, 0.05) is 19.6 Å². The van der Waals surface area contributed by atoms with E-state index in [1.807, 2.05) is 31.5 Å². The first-order valence-electron chi connectivity index (χ1n) is 11.3. The highest BCUT2D eigenvalue weighted by Gasteiger charge is 2.16. The fourth-order valence-corrected chi connectivity index (χ4v) is 3.80.